The Labute approximate surface area is 155 Å². The van der Waals surface area contributed by atoms with Crippen LogP contribution in [0.25, 0.3) is 10.8 Å². The number of carbonyl (C=O) groups is 2. The maximum absolute atomic E-state index is 11.9. The van der Waals surface area contributed by atoms with Gasteiger partial charge in [0, 0.05) is 10.7 Å². The van der Waals surface area contributed by atoms with Crippen molar-refractivity contribution in [2.75, 3.05) is 18.5 Å². The summed E-state index contributed by atoms with van der Waals surface area (Å²) in [5.74, 6) is -0.555. The number of benzene rings is 3. The van der Waals surface area contributed by atoms with Gasteiger partial charge in [0.05, 0.1) is 0 Å². The zero-order valence-electron chi connectivity index (χ0n) is 13.8. The number of esters is 1. The van der Waals surface area contributed by atoms with Gasteiger partial charge in [-0.1, -0.05) is 41.9 Å². The van der Waals surface area contributed by atoms with Crippen LogP contribution in [0.2, 0.25) is 5.02 Å². The van der Waals surface area contributed by atoms with Crippen LogP contribution >= 0.6 is 11.6 Å². The fourth-order valence-electron chi connectivity index (χ4n) is 2.32. The Kier molecular flexibility index (Phi) is 5.71. The third-order valence-electron chi connectivity index (χ3n) is 3.57. The van der Waals surface area contributed by atoms with Crippen LogP contribution in [0.3, 0.4) is 0 Å². The van der Waals surface area contributed by atoms with Crippen molar-refractivity contribution in [2.45, 2.75) is 0 Å². The first-order chi connectivity index (χ1) is 12.6. The van der Waals surface area contributed by atoms with Gasteiger partial charge in [-0.3, -0.25) is 4.79 Å². The molecule has 3 rings (SSSR count). The number of halogens is 1. The molecule has 3 aromatic rings. The van der Waals surface area contributed by atoms with Crippen molar-refractivity contribution in [2.24, 2.45) is 0 Å². The Morgan fingerprint density at radius 1 is 0.885 bits per heavy atom. The highest BCUT2D eigenvalue weighted by Gasteiger charge is 2.09. The largest absolute Gasteiger partial charge is 0.482 e. The molecule has 0 aliphatic rings. The molecular weight excluding hydrogens is 354 g/mol. The van der Waals surface area contributed by atoms with Crippen LogP contribution in [0.5, 0.6) is 5.75 Å². The van der Waals surface area contributed by atoms with Crippen molar-refractivity contribution in [3.63, 3.8) is 0 Å². The zero-order chi connectivity index (χ0) is 18.4. The highest BCUT2D eigenvalue weighted by molar-refractivity contribution is 6.30. The lowest BCUT2D eigenvalue weighted by Crippen LogP contribution is -2.23. The summed E-state index contributed by atoms with van der Waals surface area (Å²) in [6.07, 6.45) is 0. The summed E-state index contributed by atoms with van der Waals surface area (Å²) < 4.78 is 10.2. The van der Waals surface area contributed by atoms with Crippen LogP contribution < -0.4 is 10.1 Å². The van der Waals surface area contributed by atoms with E-state index in [2.05, 4.69) is 5.32 Å². The number of amides is 1. The van der Waals surface area contributed by atoms with Gasteiger partial charge in [0.15, 0.2) is 13.2 Å². The van der Waals surface area contributed by atoms with Crippen LogP contribution in [0.1, 0.15) is 0 Å². The number of anilines is 1. The Bertz CT molecular complexity index is 925. The quantitative estimate of drug-likeness (QED) is 0.666. The minimum Gasteiger partial charge on any atom is -0.482 e. The van der Waals surface area contributed by atoms with Crippen LogP contribution in [-0.4, -0.2) is 25.1 Å². The van der Waals surface area contributed by atoms with Gasteiger partial charge < -0.3 is 14.8 Å². The van der Waals surface area contributed by atoms with E-state index in [4.69, 9.17) is 21.1 Å². The SMILES string of the molecule is O=C(COC(=O)COc1ccc(Cl)cc1)Nc1ccc2ccccc2c1. The molecule has 0 radical (unpaired) electrons. The van der Waals surface area contributed by atoms with E-state index in [9.17, 15) is 9.59 Å². The number of carbonyl (C=O) groups excluding carboxylic acids is 2. The molecule has 26 heavy (non-hydrogen) atoms. The van der Waals surface area contributed by atoms with E-state index in [-0.39, 0.29) is 13.2 Å². The molecule has 5 nitrogen and oxygen atoms in total. The van der Waals surface area contributed by atoms with E-state index in [0.29, 0.717) is 16.5 Å². The molecule has 0 heterocycles. The number of ether oxygens (including phenoxy) is 2. The third-order valence-corrected chi connectivity index (χ3v) is 3.82. The van der Waals surface area contributed by atoms with E-state index in [1.54, 1.807) is 30.3 Å². The molecule has 1 N–H and O–H groups in total. The highest BCUT2D eigenvalue weighted by atomic mass is 35.5. The molecule has 0 bridgehead atoms. The first kappa shape index (κ1) is 17.8. The predicted octanol–water partition coefficient (Wildman–Crippen LogP) is 4.05. The van der Waals surface area contributed by atoms with Gasteiger partial charge >= 0.3 is 5.97 Å². The molecule has 0 aromatic heterocycles. The second kappa shape index (κ2) is 8.36. The van der Waals surface area contributed by atoms with Gasteiger partial charge in [0.1, 0.15) is 5.75 Å². The molecule has 0 aliphatic carbocycles. The van der Waals surface area contributed by atoms with Crippen LogP contribution in [0, 0.1) is 0 Å². The number of rotatable bonds is 6. The van der Waals surface area contributed by atoms with E-state index in [1.807, 2.05) is 36.4 Å². The molecule has 0 saturated carbocycles. The monoisotopic (exact) mass is 369 g/mol. The van der Waals surface area contributed by atoms with Crippen molar-refractivity contribution < 1.29 is 19.1 Å². The minimum absolute atomic E-state index is 0.287. The molecule has 0 spiro atoms. The Hall–Kier alpha value is -3.05. The van der Waals surface area contributed by atoms with Crippen molar-refractivity contribution in [1.29, 1.82) is 0 Å². The normalized spacial score (nSPS) is 10.3. The summed E-state index contributed by atoms with van der Waals surface area (Å²) in [5.41, 5.74) is 0.641. The summed E-state index contributed by atoms with van der Waals surface area (Å²) >= 11 is 5.77. The number of nitrogens with one attached hydrogen (secondary N) is 1. The summed E-state index contributed by atoms with van der Waals surface area (Å²) in [5, 5.41) is 5.36. The summed E-state index contributed by atoms with van der Waals surface area (Å²) in [6.45, 7) is -0.666. The molecule has 6 heteroatoms. The summed E-state index contributed by atoms with van der Waals surface area (Å²) in [7, 11) is 0. The number of hydrogen-bond donors (Lipinski definition) is 1. The highest BCUT2D eigenvalue weighted by Crippen LogP contribution is 2.19. The van der Waals surface area contributed by atoms with Crippen molar-refractivity contribution in [1.82, 2.24) is 0 Å². The maximum Gasteiger partial charge on any atom is 0.344 e. The second-order valence-electron chi connectivity index (χ2n) is 5.51. The lowest BCUT2D eigenvalue weighted by molar-refractivity contribution is -0.149. The smallest absolute Gasteiger partial charge is 0.344 e. The molecule has 3 aromatic carbocycles. The van der Waals surface area contributed by atoms with Gasteiger partial charge in [-0.05, 0) is 47.2 Å². The predicted molar refractivity (Wildman–Crippen MR) is 100 cm³/mol. The zero-order valence-corrected chi connectivity index (χ0v) is 14.5. The van der Waals surface area contributed by atoms with Crippen molar-refractivity contribution in [3.8, 4) is 5.75 Å². The first-order valence-electron chi connectivity index (χ1n) is 7.93. The average molecular weight is 370 g/mol. The van der Waals surface area contributed by atoms with E-state index in [0.717, 1.165) is 10.8 Å². The fourth-order valence-corrected chi connectivity index (χ4v) is 2.45. The van der Waals surface area contributed by atoms with Gasteiger partial charge in [0.2, 0.25) is 0 Å². The Morgan fingerprint density at radius 3 is 2.38 bits per heavy atom. The third kappa shape index (κ3) is 4.97. The lowest BCUT2D eigenvalue weighted by Gasteiger charge is -2.08. The fraction of sp³-hybridized carbons (Fsp3) is 0.100. The van der Waals surface area contributed by atoms with Gasteiger partial charge in [-0.2, -0.15) is 0 Å². The topological polar surface area (TPSA) is 64.6 Å². The van der Waals surface area contributed by atoms with Crippen LogP contribution in [-0.2, 0) is 14.3 Å². The summed E-state index contributed by atoms with van der Waals surface area (Å²) in [4.78, 5) is 23.6. The van der Waals surface area contributed by atoms with Crippen molar-refractivity contribution in [3.05, 3.63) is 71.8 Å². The standard InChI is InChI=1S/C20H16ClNO4/c21-16-6-9-18(10-7-16)25-13-20(24)26-12-19(23)22-17-8-5-14-3-1-2-4-15(14)11-17/h1-11H,12-13H2,(H,22,23). The van der Waals surface area contributed by atoms with E-state index in [1.165, 1.54) is 0 Å². The van der Waals surface area contributed by atoms with Gasteiger partial charge in [-0.25, -0.2) is 4.79 Å². The second-order valence-corrected chi connectivity index (χ2v) is 5.95. The first-order valence-corrected chi connectivity index (χ1v) is 8.30. The average Bonchev–Trinajstić information content (AvgIpc) is 2.66. The minimum atomic E-state index is -0.631. The van der Waals surface area contributed by atoms with E-state index >= 15 is 0 Å². The summed E-state index contributed by atoms with van der Waals surface area (Å²) in [6, 6.07) is 20.0. The molecule has 1 amide bonds. The number of hydrogen-bond acceptors (Lipinski definition) is 4. The maximum atomic E-state index is 11.9. The number of fused-ring (bicyclic) bond motifs is 1. The lowest BCUT2D eigenvalue weighted by atomic mass is 10.1. The molecule has 0 saturated heterocycles. The molecule has 0 atom stereocenters. The molecule has 0 unspecified atom stereocenters. The molecular formula is C20H16ClNO4. The van der Waals surface area contributed by atoms with Crippen LogP contribution in [0.4, 0.5) is 5.69 Å². The van der Waals surface area contributed by atoms with Crippen molar-refractivity contribution >= 4 is 39.9 Å². The van der Waals surface area contributed by atoms with Crippen LogP contribution in [0.15, 0.2) is 66.7 Å². The molecule has 0 fully saturated rings. The van der Waals surface area contributed by atoms with Gasteiger partial charge in [-0.15, -0.1) is 0 Å². The Balaban J connectivity index is 1.45. The van der Waals surface area contributed by atoms with Gasteiger partial charge in [0.25, 0.3) is 5.91 Å². The molecule has 132 valence electrons. The van der Waals surface area contributed by atoms with E-state index < -0.39 is 11.9 Å². The Morgan fingerprint density at radius 2 is 1.62 bits per heavy atom. The molecule has 0 aliphatic heterocycles.